The molecule has 0 unspecified atom stereocenters. The summed E-state index contributed by atoms with van der Waals surface area (Å²) in [5.41, 5.74) is 2.71. The minimum Gasteiger partial charge on any atom is -0.459 e. The van der Waals surface area contributed by atoms with Gasteiger partial charge in [-0.25, -0.2) is 9.18 Å². The number of pyridine rings is 1. The van der Waals surface area contributed by atoms with Crippen LogP contribution >= 0.6 is 0 Å². The van der Waals surface area contributed by atoms with Crippen LogP contribution in [-0.2, 0) is 4.74 Å². The van der Waals surface area contributed by atoms with Gasteiger partial charge < -0.3 is 4.74 Å². The summed E-state index contributed by atoms with van der Waals surface area (Å²) >= 11 is 0. The number of para-hydroxylation sites is 1. The molecule has 1 aromatic heterocycles. The van der Waals surface area contributed by atoms with E-state index in [-0.39, 0.29) is 17.9 Å². The second-order valence-electron chi connectivity index (χ2n) is 5.68. The van der Waals surface area contributed by atoms with E-state index in [1.807, 2.05) is 24.3 Å². The van der Waals surface area contributed by atoms with Gasteiger partial charge in [0.2, 0.25) is 0 Å². The predicted octanol–water partition coefficient (Wildman–Crippen LogP) is 4.36. The van der Waals surface area contributed by atoms with Crippen molar-refractivity contribution in [3.05, 3.63) is 66.1 Å². The van der Waals surface area contributed by atoms with E-state index in [4.69, 9.17) is 4.74 Å². The second kappa shape index (κ2) is 5.47. The molecule has 23 heavy (non-hydrogen) atoms. The zero-order valence-electron chi connectivity index (χ0n) is 12.3. The summed E-state index contributed by atoms with van der Waals surface area (Å²) in [5.74, 6) is -0.681. The van der Waals surface area contributed by atoms with Crippen LogP contribution in [0, 0.1) is 5.82 Å². The highest BCUT2D eigenvalue weighted by molar-refractivity contribution is 6.06. The fraction of sp³-hybridized carbons (Fsp3) is 0.158. The van der Waals surface area contributed by atoms with Crippen molar-refractivity contribution in [1.29, 1.82) is 0 Å². The molecule has 1 saturated carbocycles. The van der Waals surface area contributed by atoms with E-state index in [0.717, 1.165) is 34.9 Å². The van der Waals surface area contributed by atoms with E-state index < -0.39 is 0 Å². The molecule has 0 atom stereocenters. The van der Waals surface area contributed by atoms with Gasteiger partial charge in [-0.05, 0) is 36.6 Å². The number of carbonyl (C=O) groups is 1. The van der Waals surface area contributed by atoms with Crippen molar-refractivity contribution in [2.75, 3.05) is 0 Å². The maximum absolute atomic E-state index is 13.3. The first kappa shape index (κ1) is 13.9. The maximum atomic E-state index is 13.3. The number of fused-ring (bicyclic) bond motifs is 1. The van der Waals surface area contributed by atoms with E-state index in [0.29, 0.717) is 5.56 Å². The lowest BCUT2D eigenvalue weighted by molar-refractivity contribution is 0.0473. The molecule has 4 rings (SSSR count). The van der Waals surface area contributed by atoms with E-state index in [1.165, 1.54) is 12.1 Å². The van der Waals surface area contributed by atoms with Crippen LogP contribution in [-0.4, -0.2) is 17.1 Å². The first-order valence-electron chi connectivity index (χ1n) is 7.57. The van der Waals surface area contributed by atoms with Crippen LogP contribution in [0.5, 0.6) is 0 Å². The molecular weight excluding hydrogens is 293 g/mol. The minimum absolute atomic E-state index is 0.0232. The minimum atomic E-state index is -0.370. The highest BCUT2D eigenvalue weighted by Gasteiger charge is 2.28. The summed E-state index contributed by atoms with van der Waals surface area (Å²) in [4.78, 5) is 16.8. The maximum Gasteiger partial charge on any atom is 0.340 e. The highest BCUT2D eigenvalue weighted by atomic mass is 19.1. The number of rotatable bonds is 3. The van der Waals surface area contributed by atoms with Gasteiger partial charge in [0.25, 0.3) is 0 Å². The van der Waals surface area contributed by atoms with Crippen molar-refractivity contribution in [3.8, 4) is 11.1 Å². The summed E-state index contributed by atoms with van der Waals surface area (Å²) in [6.07, 6.45) is 3.40. The molecule has 3 nitrogen and oxygen atoms in total. The highest BCUT2D eigenvalue weighted by Crippen LogP contribution is 2.33. The first-order valence-corrected chi connectivity index (χ1v) is 7.57. The van der Waals surface area contributed by atoms with Gasteiger partial charge in [-0.15, -0.1) is 0 Å². The van der Waals surface area contributed by atoms with Crippen molar-refractivity contribution >= 4 is 16.9 Å². The van der Waals surface area contributed by atoms with Crippen LogP contribution in [0.4, 0.5) is 4.39 Å². The van der Waals surface area contributed by atoms with Crippen LogP contribution in [0.1, 0.15) is 23.2 Å². The number of hydrogen-bond acceptors (Lipinski definition) is 3. The second-order valence-corrected chi connectivity index (χ2v) is 5.68. The van der Waals surface area contributed by atoms with E-state index >= 15 is 0 Å². The summed E-state index contributed by atoms with van der Waals surface area (Å²) in [7, 11) is 0. The number of hydrogen-bond donors (Lipinski definition) is 0. The Labute approximate surface area is 132 Å². The number of benzene rings is 2. The van der Waals surface area contributed by atoms with Crippen molar-refractivity contribution in [2.45, 2.75) is 18.9 Å². The Morgan fingerprint density at radius 2 is 1.83 bits per heavy atom. The molecule has 3 aromatic rings. The molecule has 4 heteroatoms. The van der Waals surface area contributed by atoms with Gasteiger partial charge in [0.05, 0.1) is 11.1 Å². The van der Waals surface area contributed by atoms with Crippen LogP contribution in [0.3, 0.4) is 0 Å². The Morgan fingerprint density at radius 3 is 2.57 bits per heavy atom. The van der Waals surface area contributed by atoms with Crippen molar-refractivity contribution < 1.29 is 13.9 Å². The van der Waals surface area contributed by atoms with Gasteiger partial charge in [-0.2, -0.15) is 0 Å². The average Bonchev–Trinajstić information content (AvgIpc) is 3.38. The lowest BCUT2D eigenvalue weighted by atomic mass is 9.96. The van der Waals surface area contributed by atoms with E-state index in [9.17, 15) is 9.18 Å². The third-order valence-corrected chi connectivity index (χ3v) is 3.93. The van der Waals surface area contributed by atoms with Crippen LogP contribution < -0.4 is 0 Å². The molecule has 1 aliphatic rings. The van der Waals surface area contributed by atoms with Crippen LogP contribution in [0.2, 0.25) is 0 Å². The smallest absolute Gasteiger partial charge is 0.340 e. The Bertz CT molecular complexity index is 886. The zero-order valence-corrected chi connectivity index (χ0v) is 12.3. The molecule has 0 radical (unpaired) electrons. The Kier molecular flexibility index (Phi) is 3.30. The van der Waals surface area contributed by atoms with E-state index in [2.05, 4.69) is 4.98 Å². The SMILES string of the molecule is O=C(OC1CC1)c1cnc2ccccc2c1-c1ccc(F)cc1. The largest absolute Gasteiger partial charge is 0.459 e. The number of nitrogens with zero attached hydrogens (tertiary/aromatic N) is 1. The first-order chi connectivity index (χ1) is 11.2. The monoisotopic (exact) mass is 307 g/mol. The fourth-order valence-corrected chi connectivity index (χ4v) is 2.62. The third kappa shape index (κ3) is 2.68. The molecule has 0 saturated heterocycles. The molecule has 0 bridgehead atoms. The lowest BCUT2D eigenvalue weighted by Crippen LogP contribution is -2.09. The molecule has 0 aliphatic heterocycles. The predicted molar refractivity (Wildman–Crippen MR) is 85.6 cm³/mol. The van der Waals surface area contributed by atoms with Crippen molar-refractivity contribution in [3.63, 3.8) is 0 Å². The summed E-state index contributed by atoms with van der Waals surface area (Å²) in [5, 5.41) is 0.851. The number of esters is 1. The molecule has 0 spiro atoms. The lowest BCUT2D eigenvalue weighted by Gasteiger charge is -2.12. The fourth-order valence-electron chi connectivity index (χ4n) is 2.62. The molecule has 2 aromatic carbocycles. The van der Waals surface area contributed by atoms with E-state index in [1.54, 1.807) is 18.3 Å². The topological polar surface area (TPSA) is 39.2 Å². The van der Waals surface area contributed by atoms with Gasteiger partial charge in [0, 0.05) is 17.1 Å². The summed E-state index contributed by atoms with van der Waals surface area (Å²) < 4.78 is 18.7. The number of ether oxygens (including phenoxy) is 1. The number of carbonyl (C=O) groups excluding carboxylic acids is 1. The Hall–Kier alpha value is -2.75. The normalized spacial score (nSPS) is 14.0. The van der Waals surface area contributed by atoms with Gasteiger partial charge in [-0.3, -0.25) is 4.98 Å². The van der Waals surface area contributed by atoms with Crippen LogP contribution in [0.25, 0.3) is 22.0 Å². The van der Waals surface area contributed by atoms with Gasteiger partial charge in [0.15, 0.2) is 0 Å². The number of halogens is 1. The number of aromatic nitrogens is 1. The average molecular weight is 307 g/mol. The van der Waals surface area contributed by atoms with Gasteiger partial charge >= 0.3 is 5.97 Å². The molecule has 0 amide bonds. The Balaban J connectivity index is 1.92. The molecule has 1 heterocycles. The molecule has 1 aliphatic carbocycles. The van der Waals surface area contributed by atoms with Gasteiger partial charge in [-0.1, -0.05) is 30.3 Å². The molecule has 114 valence electrons. The standard InChI is InChI=1S/C19H14FNO2/c20-13-7-5-12(6-8-13)18-15-3-1-2-4-17(15)21-11-16(18)19(22)23-14-9-10-14/h1-8,11,14H,9-10H2. The summed E-state index contributed by atoms with van der Waals surface area (Å²) in [6, 6.07) is 13.7. The van der Waals surface area contributed by atoms with Crippen molar-refractivity contribution in [1.82, 2.24) is 4.98 Å². The Morgan fingerprint density at radius 1 is 1.09 bits per heavy atom. The van der Waals surface area contributed by atoms with Crippen molar-refractivity contribution in [2.24, 2.45) is 0 Å². The third-order valence-electron chi connectivity index (χ3n) is 3.93. The van der Waals surface area contributed by atoms with Crippen LogP contribution in [0.15, 0.2) is 54.7 Å². The quantitative estimate of drug-likeness (QED) is 0.675. The molecule has 1 fully saturated rings. The van der Waals surface area contributed by atoms with Gasteiger partial charge in [0.1, 0.15) is 11.9 Å². The molecular formula is C19H14FNO2. The molecule has 0 N–H and O–H groups in total. The summed E-state index contributed by atoms with van der Waals surface area (Å²) in [6.45, 7) is 0. The zero-order chi connectivity index (χ0) is 15.8.